The van der Waals surface area contributed by atoms with Crippen LogP contribution >= 0.6 is 15.9 Å². The Balaban J connectivity index is 2.23. The quantitative estimate of drug-likeness (QED) is 0.903. The number of anilines is 1. The van der Waals surface area contributed by atoms with Crippen LogP contribution in [-0.4, -0.2) is 13.2 Å². The van der Waals surface area contributed by atoms with E-state index in [1.165, 1.54) is 18.4 Å². The van der Waals surface area contributed by atoms with Crippen LogP contribution in [0.4, 0.5) is 5.69 Å². The first-order chi connectivity index (χ1) is 7.61. The van der Waals surface area contributed by atoms with E-state index in [9.17, 15) is 0 Å². The lowest BCUT2D eigenvalue weighted by Crippen LogP contribution is -2.18. The summed E-state index contributed by atoms with van der Waals surface area (Å²) in [4.78, 5) is 0. The minimum atomic E-state index is 0.536. The SMILES string of the molecule is COc1cc(Br)cc(C)c1NC(C)C1CC1. The Hall–Kier alpha value is -0.700. The number of benzene rings is 1. The minimum Gasteiger partial charge on any atom is -0.495 e. The van der Waals surface area contributed by atoms with Crippen molar-refractivity contribution in [1.82, 2.24) is 0 Å². The third-order valence-electron chi connectivity index (χ3n) is 3.19. The van der Waals surface area contributed by atoms with Crippen LogP contribution in [0.2, 0.25) is 0 Å². The third kappa shape index (κ3) is 2.51. The van der Waals surface area contributed by atoms with Crippen molar-refractivity contribution >= 4 is 21.6 Å². The van der Waals surface area contributed by atoms with Crippen molar-refractivity contribution in [3.8, 4) is 5.75 Å². The van der Waals surface area contributed by atoms with Crippen LogP contribution in [0.3, 0.4) is 0 Å². The number of ether oxygens (including phenoxy) is 1. The highest BCUT2D eigenvalue weighted by Gasteiger charge is 2.28. The maximum absolute atomic E-state index is 5.42. The van der Waals surface area contributed by atoms with E-state index < -0.39 is 0 Å². The van der Waals surface area contributed by atoms with E-state index in [1.807, 2.05) is 6.07 Å². The normalized spacial score (nSPS) is 17.0. The zero-order valence-electron chi connectivity index (χ0n) is 10.0. The summed E-state index contributed by atoms with van der Waals surface area (Å²) < 4.78 is 6.48. The van der Waals surface area contributed by atoms with E-state index in [2.05, 4.69) is 41.2 Å². The smallest absolute Gasteiger partial charge is 0.143 e. The van der Waals surface area contributed by atoms with Gasteiger partial charge in [-0.2, -0.15) is 0 Å². The number of aryl methyl sites for hydroxylation is 1. The standard InChI is InChI=1S/C13H18BrNO/c1-8-6-11(14)7-12(16-3)13(8)15-9(2)10-4-5-10/h6-7,9-10,15H,4-5H2,1-3H3. The fourth-order valence-electron chi connectivity index (χ4n) is 2.00. The molecule has 1 aliphatic rings. The van der Waals surface area contributed by atoms with Crippen LogP contribution in [-0.2, 0) is 0 Å². The van der Waals surface area contributed by atoms with Crippen molar-refractivity contribution in [2.24, 2.45) is 5.92 Å². The van der Waals surface area contributed by atoms with Gasteiger partial charge < -0.3 is 10.1 Å². The van der Waals surface area contributed by atoms with Crippen molar-refractivity contribution in [3.63, 3.8) is 0 Å². The van der Waals surface area contributed by atoms with Crippen molar-refractivity contribution in [1.29, 1.82) is 0 Å². The van der Waals surface area contributed by atoms with E-state index in [-0.39, 0.29) is 0 Å². The number of halogens is 1. The average Bonchev–Trinajstić information content (AvgIpc) is 3.04. The van der Waals surface area contributed by atoms with Gasteiger partial charge in [-0.05, 0) is 50.3 Å². The van der Waals surface area contributed by atoms with Crippen LogP contribution in [0.15, 0.2) is 16.6 Å². The van der Waals surface area contributed by atoms with Gasteiger partial charge in [-0.25, -0.2) is 0 Å². The summed E-state index contributed by atoms with van der Waals surface area (Å²) in [6, 6.07) is 4.66. The zero-order valence-corrected chi connectivity index (χ0v) is 11.6. The monoisotopic (exact) mass is 283 g/mol. The molecule has 0 amide bonds. The van der Waals surface area contributed by atoms with Crippen LogP contribution in [0.25, 0.3) is 0 Å². The Morgan fingerprint density at radius 2 is 2.12 bits per heavy atom. The zero-order chi connectivity index (χ0) is 11.7. The molecule has 1 atom stereocenters. The first kappa shape index (κ1) is 11.8. The number of hydrogen-bond donors (Lipinski definition) is 1. The highest BCUT2D eigenvalue weighted by Crippen LogP contribution is 2.37. The van der Waals surface area contributed by atoms with Crippen LogP contribution in [0.5, 0.6) is 5.75 Å². The molecule has 0 spiro atoms. The molecule has 2 nitrogen and oxygen atoms in total. The highest BCUT2D eigenvalue weighted by atomic mass is 79.9. The molecule has 0 saturated heterocycles. The molecule has 1 unspecified atom stereocenters. The molecular formula is C13H18BrNO. The van der Waals surface area contributed by atoms with Crippen molar-refractivity contribution in [2.75, 3.05) is 12.4 Å². The summed E-state index contributed by atoms with van der Waals surface area (Å²) in [5.41, 5.74) is 2.35. The molecule has 2 rings (SSSR count). The van der Waals surface area contributed by atoms with Crippen molar-refractivity contribution in [3.05, 3.63) is 22.2 Å². The molecule has 0 heterocycles. The van der Waals surface area contributed by atoms with Gasteiger partial charge in [0.05, 0.1) is 12.8 Å². The summed E-state index contributed by atoms with van der Waals surface area (Å²) in [7, 11) is 1.72. The van der Waals surface area contributed by atoms with Gasteiger partial charge in [0, 0.05) is 10.5 Å². The maximum atomic E-state index is 5.42. The molecule has 0 bridgehead atoms. The molecule has 0 aromatic heterocycles. The van der Waals surface area contributed by atoms with Gasteiger partial charge >= 0.3 is 0 Å². The summed E-state index contributed by atoms with van der Waals surface area (Å²) in [6.07, 6.45) is 2.71. The molecule has 16 heavy (non-hydrogen) atoms. The maximum Gasteiger partial charge on any atom is 0.143 e. The molecule has 0 aliphatic heterocycles. The van der Waals surface area contributed by atoms with Gasteiger partial charge in [0.15, 0.2) is 0 Å². The summed E-state index contributed by atoms with van der Waals surface area (Å²) in [5, 5.41) is 3.57. The van der Waals surface area contributed by atoms with Gasteiger partial charge in [0.1, 0.15) is 5.75 Å². The van der Waals surface area contributed by atoms with E-state index in [0.717, 1.165) is 21.8 Å². The summed E-state index contributed by atoms with van der Waals surface area (Å²) in [5.74, 6) is 1.76. The second kappa shape index (κ2) is 4.66. The van der Waals surface area contributed by atoms with E-state index in [0.29, 0.717) is 6.04 Å². The van der Waals surface area contributed by atoms with Gasteiger partial charge in [0.25, 0.3) is 0 Å². The minimum absolute atomic E-state index is 0.536. The fourth-order valence-corrected chi connectivity index (χ4v) is 2.55. The fraction of sp³-hybridized carbons (Fsp3) is 0.538. The second-order valence-corrected chi connectivity index (χ2v) is 5.49. The molecule has 1 fully saturated rings. The van der Waals surface area contributed by atoms with E-state index in [4.69, 9.17) is 4.74 Å². The van der Waals surface area contributed by atoms with Crippen molar-refractivity contribution < 1.29 is 4.74 Å². The van der Waals surface area contributed by atoms with Gasteiger partial charge in [0.2, 0.25) is 0 Å². The average molecular weight is 284 g/mol. The largest absolute Gasteiger partial charge is 0.495 e. The lowest BCUT2D eigenvalue weighted by Gasteiger charge is -2.19. The lowest BCUT2D eigenvalue weighted by atomic mass is 10.1. The highest BCUT2D eigenvalue weighted by molar-refractivity contribution is 9.10. The predicted octanol–water partition coefficient (Wildman–Crippen LogP) is 3.98. The summed E-state index contributed by atoms with van der Waals surface area (Å²) >= 11 is 3.49. The molecule has 0 radical (unpaired) electrons. The topological polar surface area (TPSA) is 21.3 Å². The number of rotatable bonds is 4. The van der Waals surface area contributed by atoms with Crippen LogP contribution in [0.1, 0.15) is 25.3 Å². The number of nitrogens with one attached hydrogen (secondary N) is 1. The molecule has 1 saturated carbocycles. The molecule has 3 heteroatoms. The molecular weight excluding hydrogens is 266 g/mol. The van der Waals surface area contributed by atoms with Crippen molar-refractivity contribution in [2.45, 2.75) is 32.7 Å². The van der Waals surface area contributed by atoms with Gasteiger partial charge in [-0.3, -0.25) is 0 Å². The molecule has 1 N–H and O–H groups in total. The Labute approximate surface area is 106 Å². The molecule has 1 aliphatic carbocycles. The Bertz CT molecular complexity index is 388. The van der Waals surface area contributed by atoms with Crippen LogP contribution < -0.4 is 10.1 Å². The first-order valence-corrected chi connectivity index (χ1v) is 6.51. The van der Waals surface area contributed by atoms with Gasteiger partial charge in [-0.15, -0.1) is 0 Å². The number of methoxy groups -OCH3 is 1. The van der Waals surface area contributed by atoms with Crippen LogP contribution in [0, 0.1) is 12.8 Å². The first-order valence-electron chi connectivity index (χ1n) is 5.72. The molecule has 1 aromatic rings. The Morgan fingerprint density at radius 1 is 1.44 bits per heavy atom. The Kier molecular flexibility index (Phi) is 3.43. The predicted molar refractivity (Wildman–Crippen MR) is 71.2 cm³/mol. The number of hydrogen-bond acceptors (Lipinski definition) is 2. The summed E-state index contributed by atoms with van der Waals surface area (Å²) in [6.45, 7) is 4.35. The molecule has 88 valence electrons. The second-order valence-electron chi connectivity index (χ2n) is 4.57. The van der Waals surface area contributed by atoms with E-state index in [1.54, 1.807) is 7.11 Å². The molecule has 1 aromatic carbocycles. The lowest BCUT2D eigenvalue weighted by molar-refractivity contribution is 0.415. The third-order valence-corrected chi connectivity index (χ3v) is 3.64. The van der Waals surface area contributed by atoms with E-state index >= 15 is 0 Å². The van der Waals surface area contributed by atoms with Gasteiger partial charge in [-0.1, -0.05) is 15.9 Å². The Morgan fingerprint density at radius 3 is 2.69 bits per heavy atom.